The highest BCUT2D eigenvalue weighted by molar-refractivity contribution is 7.93. The highest BCUT2D eigenvalue weighted by Crippen LogP contribution is 2.45. The zero-order valence-electron chi connectivity index (χ0n) is 23.6. The Hall–Kier alpha value is -4.05. The Morgan fingerprint density at radius 3 is 1.68 bits per heavy atom. The number of carboxylic acids is 3. The summed E-state index contributed by atoms with van der Waals surface area (Å²) in [5.74, 6) is -7.93. The first-order valence-electron chi connectivity index (χ1n) is 12.6. The number of likely N-dealkylation sites (tertiary alicyclic amines) is 1. The van der Waals surface area contributed by atoms with Gasteiger partial charge in [-0.25, -0.2) is 22.8 Å². The molecule has 0 amide bonds. The fourth-order valence-electron chi connectivity index (χ4n) is 4.08. The molecular weight excluding hydrogens is 689 g/mol. The number of aliphatic carboxylic acids is 3. The van der Waals surface area contributed by atoms with Gasteiger partial charge in [0.25, 0.3) is 0 Å². The smallest absolute Gasteiger partial charge is 0.475 e. The van der Waals surface area contributed by atoms with Crippen LogP contribution in [0.3, 0.4) is 0 Å². The van der Waals surface area contributed by atoms with Gasteiger partial charge in [-0.05, 0) is 35.7 Å². The highest BCUT2D eigenvalue weighted by atomic mass is 32.2. The lowest BCUT2D eigenvalue weighted by atomic mass is 9.83. The lowest BCUT2D eigenvalue weighted by Crippen LogP contribution is -2.67. The van der Waals surface area contributed by atoms with Crippen LogP contribution < -0.4 is 0 Å². The summed E-state index contributed by atoms with van der Waals surface area (Å²) in [4.78, 5) is 37.0. The number of halogens is 9. The van der Waals surface area contributed by atoms with E-state index in [4.69, 9.17) is 34.4 Å². The van der Waals surface area contributed by atoms with Crippen LogP contribution in [0.4, 0.5) is 39.5 Å². The number of hydrogen-bond donors (Lipinski definition) is 3. The van der Waals surface area contributed by atoms with Crippen LogP contribution in [-0.2, 0) is 42.1 Å². The molecule has 4 heterocycles. The van der Waals surface area contributed by atoms with E-state index < -0.39 is 51.0 Å². The quantitative estimate of drug-likeness (QED) is 0.370. The van der Waals surface area contributed by atoms with Gasteiger partial charge >= 0.3 is 36.4 Å². The standard InChI is InChI=1S/C19H23N3O3S.3C2HF3O2/c23-26(24)9-5-18(13-25-12-17-2-1-6-21-10-17)19(26)14-22(15-19)11-16-3-7-20-8-4-16;3*3-2(4,5)1(6)7/h1-4,6-8,10,18H,5,9,11-15H2;3*(H,6,7). The number of carbonyl (C=O) groups is 3. The lowest BCUT2D eigenvalue weighted by molar-refractivity contribution is -0.193. The molecule has 2 aromatic heterocycles. The molecule has 2 fully saturated rings. The van der Waals surface area contributed by atoms with E-state index in [0.29, 0.717) is 32.7 Å². The van der Waals surface area contributed by atoms with Crippen molar-refractivity contribution in [3.8, 4) is 0 Å². The van der Waals surface area contributed by atoms with Crippen molar-refractivity contribution in [2.75, 3.05) is 25.4 Å². The first-order chi connectivity index (χ1) is 21.4. The fourth-order valence-corrected chi connectivity index (χ4v) is 6.53. The Bertz CT molecular complexity index is 1360. The van der Waals surface area contributed by atoms with E-state index in [1.807, 2.05) is 24.3 Å². The lowest BCUT2D eigenvalue weighted by Gasteiger charge is -2.50. The van der Waals surface area contributed by atoms with Crippen molar-refractivity contribution in [2.45, 2.75) is 42.8 Å². The van der Waals surface area contributed by atoms with E-state index in [1.54, 1.807) is 24.8 Å². The molecule has 2 aromatic rings. The molecule has 0 bridgehead atoms. The summed E-state index contributed by atoms with van der Waals surface area (Å²) in [6.45, 7) is 2.92. The Morgan fingerprint density at radius 1 is 0.809 bits per heavy atom. The highest BCUT2D eigenvalue weighted by Gasteiger charge is 2.61. The van der Waals surface area contributed by atoms with E-state index in [9.17, 15) is 47.9 Å². The molecular formula is C25H26F9N3O9S. The zero-order chi connectivity index (χ0) is 36.3. The Kier molecular flexibility index (Phi) is 14.5. The number of hydrogen-bond acceptors (Lipinski definition) is 9. The second-order valence-corrected chi connectivity index (χ2v) is 12.1. The molecule has 47 heavy (non-hydrogen) atoms. The first kappa shape index (κ1) is 41.0. The second kappa shape index (κ2) is 16.7. The molecule has 4 rings (SSSR count). The molecule has 2 saturated heterocycles. The number of rotatable bonds is 6. The maximum Gasteiger partial charge on any atom is 0.490 e. The van der Waals surface area contributed by atoms with Crippen LogP contribution in [0, 0.1) is 5.92 Å². The van der Waals surface area contributed by atoms with Gasteiger partial charge in [-0.1, -0.05) is 6.07 Å². The van der Waals surface area contributed by atoms with Gasteiger partial charge in [-0.3, -0.25) is 14.9 Å². The summed E-state index contributed by atoms with van der Waals surface area (Å²) >= 11 is 0. The molecule has 1 spiro atoms. The average molecular weight is 716 g/mol. The van der Waals surface area contributed by atoms with Gasteiger partial charge in [-0.2, -0.15) is 39.5 Å². The Morgan fingerprint density at radius 2 is 1.28 bits per heavy atom. The summed E-state index contributed by atoms with van der Waals surface area (Å²) in [7, 11) is -3.07. The molecule has 0 saturated carbocycles. The first-order valence-corrected chi connectivity index (χ1v) is 14.3. The summed E-state index contributed by atoms with van der Waals surface area (Å²) in [6, 6.07) is 7.79. The minimum absolute atomic E-state index is 0.0675. The van der Waals surface area contributed by atoms with Crippen LogP contribution in [-0.4, -0.2) is 105 Å². The molecule has 1 atom stereocenters. The maximum absolute atomic E-state index is 12.7. The molecule has 2 aliphatic heterocycles. The van der Waals surface area contributed by atoms with Crippen molar-refractivity contribution in [3.63, 3.8) is 0 Å². The van der Waals surface area contributed by atoms with Gasteiger partial charge in [0.05, 0.1) is 19.0 Å². The fraction of sp³-hybridized carbons (Fsp3) is 0.480. The predicted molar refractivity (Wildman–Crippen MR) is 139 cm³/mol. The number of aromatic nitrogens is 2. The van der Waals surface area contributed by atoms with E-state index >= 15 is 0 Å². The van der Waals surface area contributed by atoms with Gasteiger partial charge in [0, 0.05) is 50.3 Å². The summed E-state index contributed by atoms with van der Waals surface area (Å²) < 4.78 is 126. The van der Waals surface area contributed by atoms with Crippen molar-refractivity contribution in [2.24, 2.45) is 5.92 Å². The monoisotopic (exact) mass is 715 g/mol. The molecule has 0 radical (unpaired) electrons. The normalized spacial score (nSPS) is 18.2. The number of carboxylic acid groups (broad SMARTS) is 3. The minimum Gasteiger partial charge on any atom is -0.475 e. The van der Waals surface area contributed by atoms with E-state index in [2.05, 4.69) is 14.9 Å². The topological polar surface area (TPSA) is 184 Å². The predicted octanol–water partition coefficient (Wildman–Crippen LogP) is 3.58. The van der Waals surface area contributed by atoms with Crippen LogP contribution in [0.25, 0.3) is 0 Å². The van der Waals surface area contributed by atoms with Crippen LogP contribution in [0.1, 0.15) is 17.5 Å². The minimum atomic E-state index is -5.08. The Balaban J connectivity index is 0.000000430. The Labute approximate surface area is 259 Å². The average Bonchev–Trinajstić information content (AvgIpc) is 3.19. The number of alkyl halides is 9. The van der Waals surface area contributed by atoms with Crippen molar-refractivity contribution in [1.82, 2.24) is 14.9 Å². The third kappa shape index (κ3) is 13.3. The SMILES string of the molecule is O=C(O)C(F)(F)F.O=C(O)C(F)(F)F.O=C(O)C(F)(F)F.O=S1(=O)CCC(COCc2cccnc2)C12CN(Cc1ccncc1)C2. The maximum atomic E-state index is 12.7. The second-order valence-electron chi connectivity index (χ2n) is 9.66. The number of pyridine rings is 2. The van der Waals surface area contributed by atoms with E-state index in [-0.39, 0.29) is 11.7 Å². The molecule has 3 N–H and O–H groups in total. The molecule has 22 heteroatoms. The van der Waals surface area contributed by atoms with Crippen molar-refractivity contribution < 1.29 is 82.4 Å². The van der Waals surface area contributed by atoms with Crippen LogP contribution in [0.2, 0.25) is 0 Å². The van der Waals surface area contributed by atoms with Gasteiger partial charge < -0.3 is 20.1 Å². The largest absolute Gasteiger partial charge is 0.490 e. The van der Waals surface area contributed by atoms with Crippen molar-refractivity contribution in [3.05, 3.63) is 60.2 Å². The third-order valence-electron chi connectivity index (χ3n) is 6.27. The summed E-state index contributed by atoms with van der Waals surface area (Å²) in [6.07, 6.45) is -7.51. The number of nitrogens with zero attached hydrogens (tertiary/aromatic N) is 3. The summed E-state index contributed by atoms with van der Waals surface area (Å²) in [5, 5.41) is 21.4. The van der Waals surface area contributed by atoms with Crippen molar-refractivity contribution in [1.29, 1.82) is 0 Å². The molecule has 12 nitrogen and oxygen atoms in total. The van der Waals surface area contributed by atoms with Gasteiger partial charge in [-0.15, -0.1) is 0 Å². The van der Waals surface area contributed by atoms with Crippen LogP contribution in [0.15, 0.2) is 49.1 Å². The number of sulfone groups is 1. The van der Waals surface area contributed by atoms with E-state index in [0.717, 1.165) is 17.7 Å². The van der Waals surface area contributed by atoms with Crippen LogP contribution >= 0.6 is 0 Å². The van der Waals surface area contributed by atoms with Gasteiger partial charge in [0.1, 0.15) is 4.75 Å². The summed E-state index contributed by atoms with van der Waals surface area (Å²) in [5.41, 5.74) is 2.17. The molecule has 0 aliphatic carbocycles. The third-order valence-corrected chi connectivity index (χ3v) is 8.88. The van der Waals surface area contributed by atoms with Crippen molar-refractivity contribution >= 4 is 27.7 Å². The van der Waals surface area contributed by atoms with Gasteiger partial charge in [0.15, 0.2) is 9.84 Å². The molecule has 0 aromatic carbocycles. The molecule has 2 aliphatic rings. The van der Waals surface area contributed by atoms with Crippen LogP contribution in [0.5, 0.6) is 0 Å². The molecule has 1 unspecified atom stereocenters. The van der Waals surface area contributed by atoms with Gasteiger partial charge in [0.2, 0.25) is 0 Å². The zero-order valence-corrected chi connectivity index (χ0v) is 24.4. The molecule has 264 valence electrons. The van der Waals surface area contributed by atoms with E-state index in [1.165, 1.54) is 0 Å². The number of ether oxygens (including phenoxy) is 1.